The fraction of sp³-hybridized carbons (Fsp3) is 0.444. The fourth-order valence-corrected chi connectivity index (χ4v) is 2.60. The molecule has 0 bridgehead atoms. The quantitative estimate of drug-likeness (QED) is 0.266. The average Bonchev–Trinajstić information content (AvgIpc) is 2.97. The molecule has 2 aromatic rings. The molecule has 2 aromatic heterocycles. The standard InChI is InChI=1S/C18H26N4O3/c1-3-4-5-6-15-18(19-10-12-25-2)22-11-9-14(13-16(22)20-15)7-8-17(23)21-24/h7-9,11,13,19,24H,3-6,10,12H2,1-2H3,(H,21,23)/b8-7+. The number of methoxy groups -OCH3 is 1. The zero-order valence-corrected chi connectivity index (χ0v) is 14.8. The lowest BCUT2D eigenvalue weighted by molar-refractivity contribution is -0.124. The van der Waals surface area contributed by atoms with E-state index >= 15 is 0 Å². The zero-order chi connectivity index (χ0) is 18.1. The van der Waals surface area contributed by atoms with Crippen LogP contribution in [0.25, 0.3) is 11.7 Å². The summed E-state index contributed by atoms with van der Waals surface area (Å²) in [6.45, 7) is 3.52. The number of carbonyl (C=O) groups excluding carboxylic acids is 1. The van der Waals surface area contributed by atoms with E-state index in [1.54, 1.807) is 18.7 Å². The van der Waals surface area contributed by atoms with Gasteiger partial charge in [-0.3, -0.25) is 14.4 Å². The third kappa shape index (κ3) is 5.30. The van der Waals surface area contributed by atoms with Crippen LogP contribution in [0.2, 0.25) is 0 Å². The van der Waals surface area contributed by atoms with Gasteiger partial charge in [0.2, 0.25) is 0 Å². The van der Waals surface area contributed by atoms with Gasteiger partial charge in [0, 0.05) is 25.9 Å². The topological polar surface area (TPSA) is 87.9 Å². The molecule has 1 amide bonds. The summed E-state index contributed by atoms with van der Waals surface area (Å²) in [5.41, 5.74) is 4.27. The lowest BCUT2D eigenvalue weighted by Crippen LogP contribution is -2.14. The summed E-state index contributed by atoms with van der Waals surface area (Å²) in [6.07, 6.45) is 9.20. The molecule has 0 spiro atoms. The van der Waals surface area contributed by atoms with Gasteiger partial charge in [0.25, 0.3) is 5.91 Å². The van der Waals surface area contributed by atoms with Crippen LogP contribution in [0.15, 0.2) is 24.4 Å². The molecular formula is C18H26N4O3. The number of hydrogen-bond acceptors (Lipinski definition) is 5. The summed E-state index contributed by atoms with van der Waals surface area (Å²) in [4.78, 5) is 15.9. The van der Waals surface area contributed by atoms with Crippen LogP contribution < -0.4 is 10.8 Å². The number of imidazole rings is 1. The summed E-state index contributed by atoms with van der Waals surface area (Å²) in [5, 5.41) is 11.9. The highest BCUT2D eigenvalue weighted by atomic mass is 16.5. The molecule has 0 atom stereocenters. The molecular weight excluding hydrogens is 320 g/mol. The van der Waals surface area contributed by atoms with Crippen molar-refractivity contribution in [2.24, 2.45) is 0 Å². The largest absolute Gasteiger partial charge is 0.383 e. The summed E-state index contributed by atoms with van der Waals surface area (Å²) < 4.78 is 7.13. The number of pyridine rings is 1. The van der Waals surface area contributed by atoms with Crippen molar-refractivity contribution in [3.8, 4) is 0 Å². The first-order valence-corrected chi connectivity index (χ1v) is 8.55. The number of carbonyl (C=O) groups is 1. The van der Waals surface area contributed by atoms with Gasteiger partial charge in [0.1, 0.15) is 11.5 Å². The van der Waals surface area contributed by atoms with Crippen molar-refractivity contribution in [2.75, 3.05) is 25.6 Å². The molecule has 0 aromatic carbocycles. The Morgan fingerprint density at radius 1 is 1.44 bits per heavy atom. The van der Waals surface area contributed by atoms with Crippen LogP contribution in [0.3, 0.4) is 0 Å². The predicted molar refractivity (Wildman–Crippen MR) is 97.7 cm³/mol. The second kappa shape index (κ2) is 9.80. The van der Waals surface area contributed by atoms with Gasteiger partial charge in [0.15, 0.2) is 0 Å². The third-order valence-electron chi connectivity index (χ3n) is 3.88. The Bertz CT molecular complexity index is 724. The third-order valence-corrected chi connectivity index (χ3v) is 3.88. The number of hydrogen-bond donors (Lipinski definition) is 3. The number of aromatic nitrogens is 2. The average molecular weight is 346 g/mol. The van der Waals surface area contributed by atoms with Gasteiger partial charge < -0.3 is 10.1 Å². The number of nitrogens with zero attached hydrogens (tertiary/aromatic N) is 2. The van der Waals surface area contributed by atoms with E-state index in [0.717, 1.165) is 35.6 Å². The van der Waals surface area contributed by atoms with Crippen molar-refractivity contribution in [2.45, 2.75) is 32.6 Å². The molecule has 0 saturated heterocycles. The Kier molecular flexibility index (Phi) is 7.43. The van der Waals surface area contributed by atoms with Crippen molar-refractivity contribution in [3.63, 3.8) is 0 Å². The number of anilines is 1. The van der Waals surface area contributed by atoms with Crippen molar-refractivity contribution in [3.05, 3.63) is 35.7 Å². The minimum atomic E-state index is -0.564. The van der Waals surface area contributed by atoms with Crippen molar-refractivity contribution < 1.29 is 14.7 Å². The van der Waals surface area contributed by atoms with E-state index in [4.69, 9.17) is 14.9 Å². The van der Waals surface area contributed by atoms with Crippen molar-refractivity contribution in [1.29, 1.82) is 0 Å². The molecule has 2 heterocycles. The molecule has 0 aliphatic carbocycles. The monoisotopic (exact) mass is 346 g/mol. The van der Waals surface area contributed by atoms with E-state index in [0.29, 0.717) is 13.2 Å². The number of amides is 1. The molecule has 2 rings (SSSR count). The maximum absolute atomic E-state index is 11.1. The first-order valence-electron chi connectivity index (χ1n) is 8.55. The zero-order valence-electron chi connectivity index (χ0n) is 14.8. The smallest absolute Gasteiger partial charge is 0.267 e. The molecule has 0 radical (unpaired) electrons. The lowest BCUT2D eigenvalue weighted by Gasteiger charge is -2.08. The summed E-state index contributed by atoms with van der Waals surface area (Å²) in [7, 11) is 1.68. The summed E-state index contributed by atoms with van der Waals surface area (Å²) in [5.74, 6) is 0.428. The molecule has 0 aliphatic rings. The van der Waals surface area contributed by atoms with E-state index in [1.807, 2.05) is 22.7 Å². The van der Waals surface area contributed by atoms with E-state index in [-0.39, 0.29) is 0 Å². The second-order valence-corrected chi connectivity index (χ2v) is 5.78. The van der Waals surface area contributed by atoms with E-state index in [9.17, 15) is 4.79 Å². The van der Waals surface area contributed by atoms with Crippen LogP contribution in [0, 0.1) is 0 Å². The number of aryl methyl sites for hydroxylation is 1. The Balaban J connectivity index is 2.28. The maximum atomic E-state index is 11.1. The van der Waals surface area contributed by atoms with Gasteiger partial charge in [-0.1, -0.05) is 19.8 Å². The van der Waals surface area contributed by atoms with Crippen molar-refractivity contribution >= 4 is 23.4 Å². The molecule has 0 fully saturated rings. The first kappa shape index (κ1) is 19.0. The SMILES string of the molecule is CCCCCc1nc2cc(/C=C/C(=O)NO)ccn2c1NCCOC. The predicted octanol–water partition coefficient (Wildman–Crippen LogP) is 2.64. The molecule has 25 heavy (non-hydrogen) atoms. The van der Waals surface area contributed by atoms with Crippen LogP contribution in [-0.2, 0) is 16.0 Å². The lowest BCUT2D eigenvalue weighted by atomic mass is 10.1. The van der Waals surface area contributed by atoms with Crippen LogP contribution in [-0.4, -0.2) is 40.8 Å². The molecule has 7 heteroatoms. The molecule has 7 nitrogen and oxygen atoms in total. The van der Waals surface area contributed by atoms with Gasteiger partial charge >= 0.3 is 0 Å². The normalized spacial score (nSPS) is 11.3. The Morgan fingerprint density at radius 2 is 2.28 bits per heavy atom. The molecule has 0 unspecified atom stereocenters. The van der Waals surface area contributed by atoms with Gasteiger partial charge in [-0.25, -0.2) is 10.5 Å². The number of unbranched alkanes of at least 4 members (excludes halogenated alkanes) is 2. The second-order valence-electron chi connectivity index (χ2n) is 5.78. The summed E-state index contributed by atoms with van der Waals surface area (Å²) >= 11 is 0. The number of fused-ring (bicyclic) bond motifs is 1. The van der Waals surface area contributed by atoms with Gasteiger partial charge in [-0.05, 0) is 36.6 Å². The number of hydroxylamine groups is 1. The number of rotatable bonds is 10. The van der Waals surface area contributed by atoms with Crippen LogP contribution in [0.1, 0.15) is 37.4 Å². The highest BCUT2D eigenvalue weighted by molar-refractivity contribution is 5.90. The Hall–Kier alpha value is -2.38. The maximum Gasteiger partial charge on any atom is 0.267 e. The minimum Gasteiger partial charge on any atom is -0.383 e. The number of nitrogens with one attached hydrogen (secondary N) is 2. The molecule has 3 N–H and O–H groups in total. The van der Waals surface area contributed by atoms with E-state index < -0.39 is 5.91 Å². The molecule has 0 saturated carbocycles. The van der Waals surface area contributed by atoms with E-state index in [1.165, 1.54) is 18.9 Å². The number of ether oxygens (including phenoxy) is 1. The molecule has 0 aliphatic heterocycles. The van der Waals surface area contributed by atoms with Gasteiger partial charge in [-0.15, -0.1) is 0 Å². The van der Waals surface area contributed by atoms with Crippen molar-refractivity contribution in [1.82, 2.24) is 14.9 Å². The van der Waals surface area contributed by atoms with Crippen LogP contribution >= 0.6 is 0 Å². The fourth-order valence-electron chi connectivity index (χ4n) is 2.60. The Morgan fingerprint density at radius 3 is 3.00 bits per heavy atom. The first-order chi connectivity index (χ1) is 12.2. The van der Waals surface area contributed by atoms with Crippen LogP contribution in [0.5, 0.6) is 0 Å². The minimum absolute atomic E-state index is 0.564. The van der Waals surface area contributed by atoms with Crippen LogP contribution in [0.4, 0.5) is 5.82 Å². The Labute approximate surface area is 147 Å². The molecule has 136 valence electrons. The highest BCUT2D eigenvalue weighted by Gasteiger charge is 2.12. The van der Waals surface area contributed by atoms with Gasteiger partial charge in [-0.2, -0.15) is 0 Å². The van der Waals surface area contributed by atoms with E-state index in [2.05, 4.69) is 12.2 Å². The van der Waals surface area contributed by atoms with Gasteiger partial charge in [0.05, 0.1) is 12.3 Å². The summed E-state index contributed by atoms with van der Waals surface area (Å²) in [6, 6.07) is 3.80. The highest BCUT2D eigenvalue weighted by Crippen LogP contribution is 2.21.